The molecule has 0 heterocycles. The SMILES string of the molecule is C=CCC(=O)OCC(O)CN(CC(O)COC(=O)CC=C)c1ccc(Oc2ccc(C(C)(C)c3ccc(Oc4ccc(N(CC(O)COC(=O)CC=C)CC(O)COC(=O)CC=C)cc4)cc3)cc2)cc1. The zero-order valence-corrected chi connectivity index (χ0v) is 40.4. The molecule has 71 heavy (non-hydrogen) atoms. The van der Waals surface area contributed by atoms with Gasteiger partial charge in [-0.2, -0.15) is 0 Å². The molecular weight excluding hydrogens is 913 g/mol. The highest BCUT2D eigenvalue weighted by molar-refractivity contribution is 5.72. The average molecular weight is 979 g/mol. The number of esters is 4. The smallest absolute Gasteiger partial charge is 0.309 e. The van der Waals surface area contributed by atoms with E-state index in [1.165, 1.54) is 24.3 Å². The lowest BCUT2D eigenvalue weighted by molar-refractivity contribution is -0.146. The van der Waals surface area contributed by atoms with Gasteiger partial charge in [0.2, 0.25) is 0 Å². The highest BCUT2D eigenvalue weighted by Gasteiger charge is 2.24. The van der Waals surface area contributed by atoms with Crippen LogP contribution in [0.2, 0.25) is 0 Å². The van der Waals surface area contributed by atoms with Crippen LogP contribution in [0, 0.1) is 0 Å². The Hall–Kier alpha value is -7.24. The normalized spacial score (nSPS) is 12.7. The van der Waals surface area contributed by atoms with E-state index >= 15 is 0 Å². The molecule has 4 unspecified atom stereocenters. The predicted molar refractivity (Wildman–Crippen MR) is 270 cm³/mol. The molecule has 380 valence electrons. The summed E-state index contributed by atoms with van der Waals surface area (Å²) in [6, 6.07) is 29.6. The molecule has 0 fully saturated rings. The Balaban J connectivity index is 1.38. The molecule has 0 saturated carbocycles. The van der Waals surface area contributed by atoms with Gasteiger partial charge in [-0.25, -0.2) is 0 Å². The van der Waals surface area contributed by atoms with Crippen molar-refractivity contribution < 1.29 is 68.0 Å². The van der Waals surface area contributed by atoms with Crippen LogP contribution in [-0.4, -0.2) is 121 Å². The van der Waals surface area contributed by atoms with Crippen molar-refractivity contribution in [3.05, 3.63) is 159 Å². The van der Waals surface area contributed by atoms with Gasteiger partial charge in [0.25, 0.3) is 0 Å². The van der Waals surface area contributed by atoms with E-state index in [0.29, 0.717) is 34.4 Å². The fourth-order valence-corrected chi connectivity index (χ4v) is 7.03. The van der Waals surface area contributed by atoms with Gasteiger partial charge in [0.05, 0.1) is 25.7 Å². The number of nitrogens with zero attached hydrogens (tertiary/aromatic N) is 2. The fourth-order valence-electron chi connectivity index (χ4n) is 7.03. The Morgan fingerprint density at radius 3 is 0.887 bits per heavy atom. The minimum Gasteiger partial charge on any atom is -0.463 e. The largest absolute Gasteiger partial charge is 0.463 e. The van der Waals surface area contributed by atoms with E-state index in [9.17, 15) is 39.6 Å². The molecule has 4 rings (SSSR count). The highest BCUT2D eigenvalue weighted by atomic mass is 16.6. The van der Waals surface area contributed by atoms with E-state index in [1.54, 1.807) is 58.3 Å². The molecule has 4 atom stereocenters. The van der Waals surface area contributed by atoms with Gasteiger partial charge in [-0.15, -0.1) is 26.3 Å². The summed E-state index contributed by atoms with van der Waals surface area (Å²) in [6.45, 7) is 17.2. The van der Waals surface area contributed by atoms with Crippen molar-refractivity contribution in [3.63, 3.8) is 0 Å². The first kappa shape index (κ1) is 56.3. The molecule has 16 nitrogen and oxygen atoms in total. The number of carbonyl (C=O) groups excluding carboxylic acids is 4. The first-order chi connectivity index (χ1) is 34.0. The first-order valence-electron chi connectivity index (χ1n) is 23.1. The van der Waals surface area contributed by atoms with Crippen molar-refractivity contribution in [1.29, 1.82) is 0 Å². The summed E-state index contributed by atoms with van der Waals surface area (Å²) in [5.74, 6) is 0.179. The summed E-state index contributed by atoms with van der Waals surface area (Å²) in [7, 11) is 0. The maximum absolute atomic E-state index is 11.8. The second-order valence-electron chi connectivity index (χ2n) is 17.0. The summed E-state index contributed by atoms with van der Waals surface area (Å²) in [6.07, 6.45) is 1.32. The number of aliphatic hydroxyl groups excluding tert-OH is 4. The summed E-state index contributed by atoms with van der Waals surface area (Å²) >= 11 is 0. The number of carbonyl (C=O) groups is 4. The number of hydrogen-bond acceptors (Lipinski definition) is 16. The van der Waals surface area contributed by atoms with Crippen LogP contribution in [0.15, 0.2) is 148 Å². The van der Waals surface area contributed by atoms with Gasteiger partial charge in [-0.3, -0.25) is 19.2 Å². The molecule has 0 bridgehead atoms. The van der Waals surface area contributed by atoms with Gasteiger partial charge in [0, 0.05) is 43.0 Å². The standard InChI is InChI=1S/C55H66N2O14/c1-7-11-51(62)66-35-43(58)31-56(32-44(59)36-67-52(63)12-8-2)41-19-27-49(28-20-41)70-47-23-15-39(16-24-47)55(5,6)40-17-25-48(26-18-40)71-50-29-21-42(22-30-50)57(33-45(60)37-68-53(64)13-9-3)34-46(61)38-69-54(65)14-10-4/h7-10,15-30,43-46,58-61H,1-4,11-14,31-38H2,5-6H3. The van der Waals surface area contributed by atoms with Gasteiger partial charge >= 0.3 is 23.9 Å². The molecule has 4 aromatic rings. The third kappa shape index (κ3) is 19.6. The number of rotatable bonds is 32. The Kier molecular flexibility index (Phi) is 23.1. The molecule has 0 saturated heterocycles. The topological polar surface area (TPSA) is 211 Å². The Morgan fingerprint density at radius 1 is 0.437 bits per heavy atom. The van der Waals surface area contributed by atoms with Crippen LogP contribution in [0.4, 0.5) is 11.4 Å². The van der Waals surface area contributed by atoms with Crippen LogP contribution in [-0.2, 0) is 43.5 Å². The molecule has 0 aliphatic rings. The van der Waals surface area contributed by atoms with Crippen LogP contribution >= 0.6 is 0 Å². The van der Waals surface area contributed by atoms with E-state index < -0.39 is 53.7 Å². The molecule has 0 spiro atoms. The van der Waals surface area contributed by atoms with E-state index in [2.05, 4.69) is 40.2 Å². The van der Waals surface area contributed by atoms with E-state index in [1.807, 2.05) is 48.5 Å². The van der Waals surface area contributed by atoms with Gasteiger partial charge in [-0.05, 0) is 83.9 Å². The maximum Gasteiger partial charge on any atom is 0.309 e. The Labute approximate surface area is 415 Å². The third-order valence-corrected chi connectivity index (χ3v) is 10.7. The first-order valence-corrected chi connectivity index (χ1v) is 23.1. The average Bonchev–Trinajstić information content (AvgIpc) is 3.34. The van der Waals surface area contributed by atoms with Gasteiger partial charge < -0.3 is 58.6 Å². The van der Waals surface area contributed by atoms with Crippen molar-refractivity contribution in [3.8, 4) is 23.0 Å². The molecule has 0 radical (unpaired) electrons. The highest BCUT2D eigenvalue weighted by Crippen LogP contribution is 2.35. The van der Waals surface area contributed by atoms with Crippen molar-refractivity contribution >= 4 is 35.3 Å². The van der Waals surface area contributed by atoms with Crippen molar-refractivity contribution in [1.82, 2.24) is 0 Å². The summed E-state index contributed by atoms with van der Waals surface area (Å²) < 4.78 is 32.8. The van der Waals surface area contributed by atoms with E-state index in [4.69, 9.17) is 28.4 Å². The van der Waals surface area contributed by atoms with E-state index in [-0.39, 0.29) is 78.3 Å². The molecule has 4 N–H and O–H groups in total. The zero-order valence-electron chi connectivity index (χ0n) is 40.4. The molecule has 0 amide bonds. The molecular formula is C55H66N2O14. The second kappa shape index (κ2) is 29.1. The molecule has 0 aliphatic carbocycles. The van der Waals surface area contributed by atoms with Crippen LogP contribution in [0.1, 0.15) is 50.7 Å². The molecule has 4 aromatic carbocycles. The fraction of sp³-hybridized carbons (Fsp3) is 0.345. The molecule has 0 aliphatic heterocycles. The second-order valence-corrected chi connectivity index (χ2v) is 17.0. The summed E-state index contributed by atoms with van der Waals surface area (Å²) in [5.41, 5.74) is 2.92. The maximum atomic E-state index is 11.8. The number of ether oxygens (including phenoxy) is 6. The Morgan fingerprint density at radius 2 is 0.662 bits per heavy atom. The van der Waals surface area contributed by atoms with Crippen LogP contribution in [0.3, 0.4) is 0 Å². The predicted octanol–water partition coefficient (Wildman–Crippen LogP) is 7.13. The number of hydrogen-bond donors (Lipinski definition) is 4. The van der Waals surface area contributed by atoms with Crippen molar-refractivity contribution in [2.24, 2.45) is 0 Å². The number of benzene rings is 4. The molecule has 16 heteroatoms. The Bertz CT molecular complexity index is 2100. The summed E-state index contributed by atoms with van der Waals surface area (Å²) in [4.78, 5) is 50.7. The van der Waals surface area contributed by atoms with Crippen LogP contribution in [0.25, 0.3) is 0 Å². The van der Waals surface area contributed by atoms with Crippen molar-refractivity contribution in [2.45, 2.75) is 69.4 Å². The lowest BCUT2D eigenvalue weighted by atomic mass is 9.78. The van der Waals surface area contributed by atoms with Crippen LogP contribution < -0.4 is 19.3 Å². The zero-order chi connectivity index (χ0) is 51.8. The molecule has 0 aromatic heterocycles. The van der Waals surface area contributed by atoms with Gasteiger partial charge in [0.1, 0.15) is 73.8 Å². The van der Waals surface area contributed by atoms with Crippen molar-refractivity contribution in [2.75, 3.05) is 62.4 Å². The third-order valence-electron chi connectivity index (χ3n) is 10.7. The lowest BCUT2D eigenvalue weighted by Gasteiger charge is -2.29. The van der Waals surface area contributed by atoms with Gasteiger partial charge in [0.15, 0.2) is 0 Å². The van der Waals surface area contributed by atoms with Crippen LogP contribution in [0.5, 0.6) is 23.0 Å². The minimum atomic E-state index is -1.08. The lowest BCUT2D eigenvalue weighted by Crippen LogP contribution is -2.41. The van der Waals surface area contributed by atoms with E-state index in [0.717, 1.165) is 11.1 Å². The van der Waals surface area contributed by atoms with Gasteiger partial charge in [-0.1, -0.05) is 62.4 Å². The minimum absolute atomic E-state index is 0.00191. The monoisotopic (exact) mass is 978 g/mol. The number of aliphatic hydroxyl groups is 4. The quantitative estimate of drug-likeness (QED) is 0.0218. The summed E-state index contributed by atoms with van der Waals surface area (Å²) in [5, 5.41) is 42.8. The number of anilines is 2.